The summed E-state index contributed by atoms with van der Waals surface area (Å²) in [6.07, 6.45) is 4.53. The number of thioether (sulfide) groups is 1. The summed E-state index contributed by atoms with van der Waals surface area (Å²) in [5.74, 6) is 1.75. The molecule has 0 N–H and O–H groups in total. The topological polar surface area (TPSA) is 39.2 Å². The molecule has 5 heteroatoms. The second-order valence-corrected chi connectivity index (χ2v) is 6.45. The summed E-state index contributed by atoms with van der Waals surface area (Å²) in [6, 6.07) is 5.54. The standard InChI is InChI=1S/C14H12BrNO2S/c15-13-7-16-6-10-2-1-9(5-12(10)13)14(17)18-11-3-4-19-8-11/h1-2,5-7,11H,3-4,8H2/t11-/m0/s1. The van der Waals surface area contributed by atoms with Crippen molar-refractivity contribution in [2.75, 3.05) is 11.5 Å². The third kappa shape index (κ3) is 2.77. The molecule has 2 aromatic rings. The SMILES string of the molecule is O=C(O[C@H]1CCSC1)c1ccc2cncc(Br)c2c1. The van der Waals surface area contributed by atoms with Crippen LogP contribution >= 0.6 is 27.7 Å². The summed E-state index contributed by atoms with van der Waals surface area (Å²) >= 11 is 5.28. The van der Waals surface area contributed by atoms with Crippen LogP contribution in [0.3, 0.4) is 0 Å². The molecule has 1 aliphatic heterocycles. The lowest BCUT2D eigenvalue weighted by atomic mass is 10.1. The molecule has 1 aliphatic rings. The van der Waals surface area contributed by atoms with Crippen molar-refractivity contribution in [1.82, 2.24) is 4.98 Å². The van der Waals surface area contributed by atoms with Crippen molar-refractivity contribution in [3.8, 4) is 0 Å². The molecule has 98 valence electrons. The number of benzene rings is 1. The molecule has 3 rings (SSSR count). The van der Waals surface area contributed by atoms with Crippen molar-refractivity contribution in [3.63, 3.8) is 0 Å². The van der Waals surface area contributed by atoms with E-state index in [-0.39, 0.29) is 12.1 Å². The zero-order valence-corrected chi connectivity index (χ0v) is 12.5. The third-order valence-corrected chi connectivity index (χ3v) is 4.87. The predicted molar refractivity (Wildman–Crippen MR) is 80.6 cm³/mol. The minimum atomic E-state index is -0.238. The Hall–Kier alpha value is -1.07. The molecule has 3 nitrogen and oxygen atoms in total. The first-order chi connectivity index (χ1) is 9.24. The van der Waals surface area contributed by atoms with Gasteiger partial charge in [0, 0.05) is 28.0 Å². The number of carbonyl (C=O) groups excluding carboxylic acids is 1. The van der Waals surface area contributed by atoms with Gasteiger partial charge in [-0.15, -0.1) is 0 Å². The summed E-state index contributed by atoms with van der Waals surface area (Å²) in [6.45, 7) is 0. The molecule has 0 spiro atoms. The summed E-state index contributed by atoms with van der Waals surface area (Å²) in [4.78, 5) is 16.2. The average Bonchev–Trinajstić information content (AvgIpc) is 2.92. The van der Waals surface area contributed by atoms with Crippen LogP contribution in [-0.2, 0) is 4.74 Å². The van der Waals surface area contributed by atoms with Gasteiger partial charge in [-0.3, -0.25) is 4.98 Å². The van der Waals surface area contributed by atoms with Crippen LogP contribution in [0.15, 0.2) is 35.1 Å². The maximum atomic E-state index is 12.1. The molecule has 0 radical (unpaired) electrons. The average molecular weight is 338 g/mol. The monoisotopic (exact) mass is 337 g/mol. The molecule has 1 fully saturated rings. The number of hydrogen-bond acceptors (Lipinski definition) is 4. The Balaban J connectivity index is 1.87. The zero-order valence-electron chi connectivity index (χ0n) is 10.1. The molecule has 0 bridgehead atoms. The minimum absolute atomic E-state index is 0.0640. The van der Waals surface area contributed by atoms with E-state index in [0.717, 1.165) is 33.2 Å². The fourth-order valence-corrected chi connectivity index (χ4v) is 3.64. The van der Waals surface area contributed by atoms with Gasteiger partial charge < -0.3 is 4.74 Å². The number of ether oxygens (including phenoxy) is 1. The smallest absolute Gasteiger partial charge is 0.338 e. The first kappa shape index (κ1) is 12.9. The largest absolute Gasteiger partial charge is 0.458 e. The second-order valence-electron chi connectivity index (χ2n) is 4.45. The minimum Gasteiger partial charge on any atom is -0.458 e. The number of halogens is 1. The summed E-state index contributed by atoms with van der Waals surface area (Å²) in [5.41, 5.74) is 0.594. The van der Waals surface area contributed by atoms with Crippen molar-refractivity contribution in [2.24, 2.45) is 0 Å². The van der Waals surface area contributed by atoms with Gasteiger partial charge in [0.2, 0.25) is 0 Å². The van der Waals surface area contributed by atoms with Crippen LogP contribution in [0.4, 0.5) is 0 Å². The van der Waals surface area contributed by atoms with Crippen molar-refractivity contribution < 1.29 is 9.53 Å². The molecular formula is C14H12BrNO2S. The van der Waals surface area contributed by atoms with Crippen LogP contribution in [0.2, 0.25) is 0 Å². The van der Waals surface area contributed by atoms with Gasteiger partial charge in [0.25, 0.3) is 0 Å². The van der Waals surface area contributed by atoms with Gasteiger partial charge in [0.1, 0.15) is 6.10 Å². The predicted octanol–water partition coefficient (Wildman–Crippen LogP) is 3.66. The van der Waals surface area contributed by atoms with Crippen molar-refractivity contribution >= 4 is 44.4 Å². The Morgan fingerprint density at radius 1 is 1.42 bits per heavy atom. The molecule has 1 saturated heterocycles. The Morgan fingerprint density at radius 3 is 3.11 bits per heavy atom. The van der Waals surface area contributed by atoms with Gasteiger partial charge in [0.05, 0.1) is 5.56 Å². The molecular weight excluding hydrogens is 326 g/mol. The molecule has 2 heterocycles. The van der Waals surface area contributed by atoms with Crippen LogP contribution < -0.4 is 0 Å². The van der Waals surface area contributed by atoms with Crippen molar-refractivity contribution in [2.45, 2.75) is 12.5 Å². The summed E-state index contributed by atoms with van der Waals surface area (Å²) in [7, 11) is 0. The number of carbonyl (C=O) groups is 1. The van der Waals surface area contributed by atoms with E-state index in [9.17, 15) is 4.79 Å². The first-order valence-electron chi connectivity index (χ1n) is 6.06. The van der Waals surface area contributed by atoms with E-state index >= 15 is 0 Å². The zero-order chi connectivity index (χ0) is 13.2. The van der Waals surface area contributed by atoms with Crippen LogP contribution in [0.1, 0.15) is 16.8 Å². The molecule has 1 atom stereocenters. The van der Waals surface area contributed by atoms with Crippen molar-refractivity contribution in [1.29, 1.82) is 0 Å². The van der Waals surface area contributed by atoms with Crippen LogP contribution in [0.5, 0.6) is 0 Å². The number of hydrogen-bond donors (Lipinski definition) is 0. The molecule has 0 saturated carbocycles. The van der Waals surface area contributed by atoms with E-state index in [1.54, 1.807) is 18.5 Å². The Kier molecular flexibility index (Phi) is 3.75. The lowest BCUT2D eigenvalue weighted by molar-refractivity contribution is 0.0357. The van der Waals surface area contributed by atoms with Gasteiger partial charge in [-0.05, 0) is 45.6 Å². The van der Waals surface area contributed by atoms with Gasteiger partial charge in [-0.1, -0.05) is 6.07 Å². The molecule has 1 aromatic carbocycles. The normalized spacial score (nSPS) is 18.7. The highest BCUT2D eigenvalue weighted by molar-refractivity contribution is 9.10. The van der Waals surface area contributed by atoms with E-state index in [2.05, 4.69) is 20.9 Å². The van der Waals surface area contributed by atoms with Gasteiger partial charge in [0.15, 0.2) is 0 Å². The summed E-state index contributed by atoms with van der Waals surface area (Å²) < 4.78 is 6.38. The van der Waals surface area contributed by atoms with E-state index in [0.29, 0.717) is 5.56 Å². The van der Waals surface area contributed by atoms with E-state index in [1.165, 1.54) is 0 Å². The van der Waals surface area contributed by atoms with Crippen LogP contribution in [0, 0.1) is 0 Å². The number of rotatable bonds is 2. The molecule has 1 aromatic heterocycles. The Labute approximate surface area is 123 Å². The third-order valence-electron chi connectivity index (χ3n) is 3.11. The maximum Gasteiger partial charge on any atom is 0.338 e. The molecule has 0 amide bonds. The van der Waals surface area contributed by atoms with E-state index in [1.807, 2.05) is 23.9 Å². The lowest BCUT2D eigenvalue weighted by Gasteiger charge is -2.11. The lowest BCUT2D eigenvalue weighted by Crippen LogP contribution is -2.17. The van der Waals surface area contributed by atoms with Gasteiger partial charge >= 0.3 is 5.97 Å². The number of fused-ring (bicyclic) bond motifs is 1. The number of nitrogens with zero attached hydrogens (tertiary/aromatic N) is 1. The van der Waals surface area contributed by atoms with Crippen LogP contribution in [0.25, 0.3) is 10.8 Å². The molecule has 0 aliphatic carbocycles. The number of aromatic nitrogens is 1. The van der Waals surface area contributed by atoms with Crippen molar-refractivity contribution in [3.05, 3.63) is 40.6 Å². The highest BCUT2D eigenvalue weighted by atomic mass is 79.9. The molecule has 0 unspecified atom stereocenters. The first-order valence-corrected chi connectivity index (χ1v) is 8.01. The van der Waals surface area contributed by atoms with E-state index < -0.39 is 0 Å². The van der Waals surface area contributed by atoms with Gasteiger partial charge in [-0.25, -0.2) is 4.79 Å². The Morgan fingerprint density at radius 2 is 2.32 bits per heavy atom. The molecule has 19 heavy (non-hydrogen) atoms. The highest BCUT2D eigenvalue weighted by Gasteiger charge is 2.20. The second kappa shape index (κ2) is 5.51. The highest BCUT2D eigenvalue weighted by Crippen LogP contribution is 2.25. The fraction of sp³-hybridized carbons (Fsp3) is 0.286. The quantitative estimate of drug-likeness (QED) is 0.784. The Bertz CT molecular complexity index is 626. The fourth-order valence-electron chi connectivity index (χ4n) is 2.08. The number of pyridine rings is 1. The summed E-state index contributed by atoms with van der Waals surface area (Å²) in [5, 5.41) is 1.98. The number of esters is 1. The maximum absolute atomic E-state index is 12.1. The van der Waals surface area contributed by atoms with Gasteiger partial charge in [-0.2, -0.15) is 11.8 Å². The van der Waals surface area contributed by atoms with Crippen LogP contribution in [-0.4, -0.2) is 28.6 Å². The van der Waals surface area contributed by atoms with E-state index in [4.69, 9.17) is 4.74 Å².